The van der Waals surface area contributed by atoms with Crippen LogP contribution in [0.4, 0.5) is 5.69 Å². The molecule has 0 spiro atoms. The highest BCUT2D eigenvalue weighted by atomic mass is 32.2. The molecule has 5 nitrogen and oxygen atoms in total. The van der Waals surface area contributed by atoms with Crippen LogP contribution in [0, 0.1) is 6.92 Å². The van der Waals surface area contributed by atoms with Crippen molar-refractivity contribution < 1.29 is 4.79 Å². The fourth-order valence-electron chi connectivity index (χ4n) is 4.14. The maximum atomic E-state index is 12.7. The number of carbonyl (C=O) groups is 1. The molecule has 3 aromatic rings. The molecule has 1 N–H and O–H groups in total. The maximum Gasteiger partial charge on any atom is 0.234 e. The van der Waals surface area contributed by atoms with Gasteiger partial charge < -0.3 is 9.88 Å². The average molecular weight is 421 g/mol. The number of carbonyl (C=O) groups excluding carboxylic acids is 1. The summed E-state index contributed by atoms with van der Waals surface area (Å²) in [7, 11) is 0. The van der Waals surface area contributed by atoms with Gasteiger partial charge in [-0.25, -0.2) is 0 Å². The van der Waals surface area contributed by atoms with Crippen molar-refractivity contribution in [3.63, 3.8) is 0 Å². The fraction of sp³-hybridized carbons (Fsp3) is 0.375. The monoisotopic (exact) mass is 420 g/mol. The first kappa shape index (κ1) is 20.7. The van der Waals surface area contributed by atoms with Crippen molar-refractivity contribution in [2.45, 2.75) is 56.6 Å². The zero-order valence-electron chi connectivity index (χ0n) is 17.4. The van der Waals surface area contributed by atoms with Crippen LogP contribution in [0.3, 0.4) is 0 Å². The van der Waals surface area contributed by atoms with E-state index in [0.29, 0.717) is 11.8 Å². The Morgan fingerprint density at radius 3 is 2.57 bits per heavy atom. The van der Waals surface area contributed by atoms with Gasteiger partial charge in [0.15, 0.2) is 5.16 Å². The molecule has 1 saturated carbocycles. The lowest BCUT2D eigenvalue weighted by molar-refractivity contribution is -0.113. The number of thioether (sulfide) groups is 1. The van der Waals surface area contributed by atoms with E-state index in [1.54, 1.807) is 0 Å². The SMILES string of the molecule is Cc1nnc(SCC(=O)Nc2ccccc2Cc2ccccc2)n1C1CCCCC1. The highest BCUT2D eigenvalue weighted by Gasteiger charge is 2.22. The molecule has 0 radical (unpaired) electrons. The number of rotatable bonds is 7. The predicted octanol–water partition coefficient (Wildman–Crippen LogP) is 5.41. The number of anilines is 1. The molecule has 1 aromatic heterocycles. The van der Waals surface area contributed by atoms with Gasteiger partial charge in [-0.15, -0.1) is 10.2 Å². The van der Waals surface area contributed by atoms with Crippen molar-refractivity contribution in [1.82, 2.24) is 14.8 Å². The number of aryl methyl sites for hydroxylation is 1. The molecule has 6 heteroatoms. The lowest BCUT2D eigenvalue weighted by atomic mass is 9.95. The Morgan fingerprint density at radius 2 is 1.77 bits per heavy atom. The van der Waals surface area contributed by atoms with Gasteiger partial charge in [0.05, 0.1) is 5.75 Å². The van der Waals surface area contributed by atoms with Gasteiger partial charge >= 0.3 is 0 Å². The molecular weight excluding hydrogens is 392 g/mol. The minimum Gasteiger partial charge on any atom is -0.325 e. The van der Waals surface area contributed by atoms with Crippen LogP contribution in [0.15, 0.2) is 59.8 Å². The normalized spacial score (nSPS) is 14.6. The summed E-state index contributed by atoms with van der Waals surface area (Å²) < 4.78 is 2.24. The van der Waals surface area contributed by atoms with Gasteiger partial charge in [-0.3, -0.25) is 4.79 Å². The molecule has 2 aromatic carbocycles. The fourth-order valence-corrected chi connectivity index (χ4v) is 4.99. The second kappa shape index (κ2) is 9.94. The van der Waals surface area contributed by atoms with Gasteiger partial charge in [0, 0.05) is 11.7 Å². The van der Waals surface area contributed by atoms with Gasteiger partial charge in [0.2, 0.25) is 5.91 Å². The molecule has 1 amide bonds. The van der Waals surface area contributed by atoms with Crippen molar-refractivity contribution >= 4 is 23.4 Å². The van der Waals surface area contributed by atoms with Crippen LogP contribution in [0.5, 0.6) is 0 Å². The number of amides is 1. The quantitative estimate of drug-likeness (QED) is 0.519. The third-order valence-electron chi connectivity index (χ3n) is 5.64. The molecule has 30 heavy (non-hydrogen) atoms. The summed E-state index contributed by atoms with van der Waals surface area (Å²) in [5, 5.41) is 12.6. The number of hydrogen-bond acceptors (Lipinski definition) is 4. The molecule has 1 fully saturated rings. The second-order valence-electron chi connectivity index (χ2n) is 7.85. The number of aromatic nitrogens is 3. The van der Waals surface area contributed by atoms with Crippen LogP contribution in [-0.2, 0) is 11.2 Å². The summed E-state index contributed by atoms with van der Waals surface area (Å²) in [4.78, 5) is 12.7. The van der Waals surface area contributed by atoms with E-state index < -0.39 is 0 Å². The lowest BCUT2D eigenvalue weighted by Crippen LogP contribution is -2.18. The molecule has 1 aliphatic carbocycles. The van der Waals surface area contributed by atoms with Crippen molar-refractivity contribution in [2.24, 2.45) is 0 Å². The Morgan fingerprint density at radius 1 is 1.03 bits per heavy atom. The summed E-state index contributed by atoms with van der Waals surface area (Å²) >= 11 is 1.48. The molecule has 4 rings (SSSR count). The number of hydrogen-bond donors (Lipinski definition) is 1. The summed E-state index contributed by atoms with van der Waals surface area (Å²) in [5.41, 5.74) is 3.21. The van der Waals surface area contributed by atoms with Crippen molar-refractivity contribution in [2.75, 3.05) is 11.1 Å². The maximum absolute atomic E-state index is 12.7. The zero-order valence-corrected chi connectivity index (χ0v) is 18.2. The number of nitrogens with one attached hydrogen (secondary N) is 1. The molecule has 1 heterocycles. The van der Waals surface area contributed by atoms with E-state index >= 15 is 0 Å². The first-order chi connectivity index (χ1) is 14.7. The number of nitrogens with zero attached hydrogens (tertiary/aromatic N) is 3. The van der Waals surface area contributed by atoms with Crippen molar-refractivity contribution in [3.8, 4) is 0 Å². The minimum atomic E-state index is -0.0173. The summed E-state index contributed by atoms with van der Waals surface area (Å²) in [5.74, 6) is 1.25. The minimum absolute atomic E-state index is 0.0173. The highest BCUT2D eigenvalue weighted by molar-refractivity contribution is 7.99. The first-order valence-corrected chi connectivity index (χ1v) is 11.7. The Hall–Kier alpha value is -2.60. The smallest absolute Gasteiger partial charge is 0.234 e. The Labute approximate surface area is 182 Å². The summed E-state index contributed by atoms with van der Waals surface area (Å²) in [6, 6.07) is 18.8. The van der Waals surface area contributed by atoms with Crippen LogP contribution in [0.1, 0.15) is 55.1 Å². The van der Waals surface area contributed by atoms with Crippen LogP contribution in [0.2, 0.25) is 0 Å². The lowest BCUT2D eigenvalue weighted by Gasteiger charge is -2.24. The Bertz CT molecular complexity index is 980. The van der Waals surface area contributed by atoms with E-state index in [2.05, 4.69) is 38.3 Å². The van der Waals surface area contributed by atoms with Crippen LogP contribution in [0.25, 0.3) is 0 Å². The standard InChI is InChI=1S/C24H28N4OS/c1-18-26-27-24(28(18)21-13-6-3-7-14-21)30-17-23(29)25-22-15-9-8-12-20(22)16-19-10-4-2-5-11-19/h2,4-5,8-12,15,21H,3,6-7,13-14,16-17H2,1H3,(H,25,29). The summed E-state index contributed by atoms with van der Waals surface area (Å²) in [6.45, 7) is 2.01. The Kier molecular flexibility index (Phi) is 6.84. The molecule has 0 atom stereocenters. The number of para-hydroxylation sites is 1. The van der Waals surface area contributed by atoms with E-state index in [0.717, 1.165) is 28.7 Å². The van der Waals surface area contributed by atoms with Gasteiger partial charge in [-0.2, -0.15) is 0 Å². The highest BCUT2D eigenvalue weighted by Crippen LogP contribution is 2.32. The van der Waals surface area contributed by atoms with E-state index in [4.69, 9.17) is 0 Å². The zero-order chi connectivity index (χ0) is 20.8. The molecular formula is C24H28N4OS. The largest absolute Gasteiger partial charge is 0.325 e. The second-order valence-corrected chi connectivity index (χ2v) is 8.79. The van der Waals surface area contributed by atoms with Crippen LogP contribution < -0.4 is 5.32 Å². The van der Waals surface area contributed by atoms with E-state index in [1.165, 1.54) is 49.4 Å². The van der Waals surface area contributed by atoms with Crippen molar-refractivity contribution in [1.29, 1.82) is 0 Å². The molecule has 1 aliphatic rings. The van der Waals surface area contributed by atoms with E-state index in [-0.39, 0.29) is 5.91 Å². The first-order valence-electron chi connectivity index (χ1n) is 10.7. The van der Waals surface area contributed by atoms with Gasteiger partial charge in [0.1, 0.15) is 5.82 Å². The van der Waals surface area contributed by atoms with Gasteiger partial charge in [-0.1, -0.05) is 79.6 Å². The van der Waals surface area contributed by atoms with E-state index in [1.807, 2.05) is 43.3 Å². The predicted molar refractivity (Wildman–Crippen MR) is 122 cm³/mol. The van der Waals surface area contributed by atoms with Gasteiger partial charge in [0.25, 0.3) is 0 Å². The van der Waals surface area contributed by atoms with Crippen LogP contribution >= 0.6 is 11.8 Å². The third kappa shape index (κ3) is 5.11. The molecule has 0 bridgehead atoms. The third-order valence-corrected chi connectivity index (χ3v) is 6.58. The molecule has 156 valence electrons. The topological polar surface area (TPSA) is 59.8 Å². The molecule has 0 aliphatic heterocycles. The molecule has 0 saturated heterocycles. The van der Waals surface area contributed by atoms with E-state index in [9.17, 15) is 4.79 Å². The summed E-state index contributed by atoms with van der Waals surface area (Å²) in [6.07, 6.45) is 6.96. The average Bonchev–Trinajstić information content (AvgIpc) is 3.15. The molecule has 0 unspecified atom stereocenters. The van der Waals surface area contributed by atoms with Gasteiger partial charge in [-0.05, 0) is 43.4 Å². The number of benzene rings is 2. The van der Waals surface area contributed by atoms with Crippen molar-refractivity contribution in [3.05, 3.63) is 71.5 Å². The Balaban J connectivity index is 1.39. The van der Waals surface area contributed by atoms with Crippen LogP contribution in [-0.4, -0.2) is 26.4 Å².